The van der Waals surface area contributed by atoms with Crippen LogP contribution in [-0.2, 0) is 11.2 Å². The van der Waals surface area contributed by atoms with E-state index < -0.39 is 0 Å². The second-order valence-corrected chi connectivity index (χ2v) is 4.08. The molecule has 0 saturated carbocycles. The number of halogens is 1. The Labute approximate surface area is 97.6 Å². The van der Waals surface area contributed by atoms with Crippen molar-refractivity contribution in [3.8, 4) is 5.75 Å². The molecule has 0 aliphatic carbocycles. The van der Waals surface area contributed by atoms with Crippen LogP contribution < -0.4 is 5.32 Å². The average molecular weight is 272 g/mol. The molecular weight excluding hydrogens is 258 g/mol. The monoisotopic (exact) mass is 271 g/mol. The second-order valence-electron chi connectivity index (χ2n) is 3.43. The van der Waals surface area contributed by atoms with Gasteiger partial charge in [0.1, 0.15) is 5.75 Å². The molecule has 3 nitrogen and oxygen atoms in total. The molecule has 0 radical (unpaired) electrons. The summed E-state index contributed by atoms with van der Waals surface area (Å²) in [5.41, 5.74) is 0.650. The number of alkyl halides is 1. The van der Waals surface area contributed by atoms with Gasteiger partial charge >= 0.3 is 0 Å². The molecule has 1 aromatic carbocycles. The fourth-order valence-electron chi connectivity index (χ4n) is 1.20. The van der Waals surface area contributed by atoms with E-state index in [0.717, 1.165) is 5.33 Å². The largest absolute Gasteiger partial charge is 0.508 e. The van der Waals surface area contributed by atoms with Crippen molar-refractivity contribution < 1.29 is 9.90 Å². The zero-order valence-electron chi connectivity index (χ0n) is 8.53. The third-order valence-corrected chi connectivity index (χ3v) is 2.95. The summed E-state index contributed by atoms with van der Waals surface area (Å²) in [6.45, 7) is 1.91. The molecule has 0 aliphatic heterocycles. The van der Waals surface area contributed by atoms with Gasteiger partial charge in [0.2, 0.25) is 5.91 Å². The fourth-order valence-corrected chi connectivity index (χ4v) is 1.36. The molecule has 1 unspecified atom stereocenters. The normalized spacial score (nSPS) is 12.1. The SMILES string of the molecule is CC(CBr)NC(=O)Cc1ccccc1O. The third kappa shape index (κ3) is 3.91. The van der Waals surface area contributed by atoms with Gasteiger partial charge in [-0.3, -0.25) is 4.79 Å². The maximum absolute atomic E-state index is 11.5. The first-order valence-corrected chi connectivity index (χ1v) is 5.88. The van der Waals surface area contributed by atoms with Gasteiger partial charge in [0.05, 0.1) is 6.42 Å². The number of hydrogen-bond acceptors (Lipinski definition) is 2. The number of amides is 1. The molecule has 0 aromatic heterocycles. The van der Waals surface area contributed by atoms with Gasteiger partial charge in [-0.2, -0.15) is 0 Å². The van der Waals surface area contributed by atoms with Gasteiger partial charge in [0.15, 0.2) is 0 Å². The molecular formula is C11H14BrNO2. The first-order valence-electron chi connectivity index (χ1n) is 4.75. The standard InChI is InChI=1S/C11H14BrNO2/c1-8(7-12)13-11(15)6-9-4-2-3-5-10(9)14/h2-5,8,14H,6-7H2,1H3,(H,13,15). The van der Waals surface area contributed by atoms with E-state index in [2.05, 4.69) is 21.2 Å². The highest BCUT2D eigenvalue weighted by molar-refractivity contribution is 9.09. The number of rotatable bonds is 4. The second kappa shape index (κ2) is 5.75. The van der Waals surface area contributed by atoms with Gasteiger partial charge in [-0.25, -0.2) is 0 Å². The van der Waals surface area contributed by atoms with Crippen LogP contribution >= 0.6 is 15.9 Å². The molecule has 0 heterocycles. The molecule has 1 rings (SSSR count). The van der Waals surface area contributed by atoms with Crippen molar-refractivity contribution in [1.29, 1.82) is 0 Å². The van der Waals surface area contributed by atoms with Gasteiger partial charge in [-0.05, 0) is 13.0 Å². The topological polar surface area (TPSA) is 49.3 Å². The number of aromatic hydroxyl groups is 1. The number of carbonyl (C=O) groups is 1. The fraction of sp³-hybridized carbons (Fsp3) is 0.364. The number of phenols is 1. The van der Waals surface area contributed by atoms with Crippen molar-refractivity contribution in [3.05, 3.63) is 29.8 Å². The Morgan fingerprint density at radius 1 is 1.53 bits per heavy atom. The van der Waals surface area contributed by atoms with Gasteiger partial charge < -0.3 is 10.4 Å². The van der Waals surface area contributed by atoms with E-state index in [-0.39, 0.29) is 24.1 Å². The Kier molecular flexibility index (Phi) is 4.62. The van der Waals surface area contributed by atoms with E-state index in [1.807, 2.05) is 6.92 Å². The molecule has 0 aliphatic rings. The summed E-state index contributed by atoms with van der Waals surface area (Å²) in [6.07, 6.45) is 0.212. The minimum atomic E-state index is -0.0801. The van der Waals surface area contributed by atoms with Crippen LogP contribution in [0.1, 0.15) is 12.5 Å². The molecule has 1 atom stereocenters. The van der Waals surface area contributed by atoms with Crippen molar-refractivity contribution in [3.63, 3.8) is 0 Å². The van der Waals surface area contributed by atoms with E-state index in [1.54, 1.807) is 24.3 Å². The van der Waals surface area contributed by atoms with Crippen LogP contribution in [0.2, 0.25) is 0 Å². The summed E-state index contributed by atoms with van der Waals surface area (Å²) in [7, 11) is 0. The molecule has 4 heteroatoms. The summed E-state index contributed by atoms with van der Waals surface area (Å²) >= 11 is 3.28. The van der Waals surface area contributed by atoms with Gasteiger partial charge in [-0.1, -0.05) is 34.1 Å². The number of hydrogen-bond donors (Lipinski definition) is 2. The Balaban J connectivity index is 2.55. The molecule has 0 fully saturated rings. The lowest BCUT2D eigenvalue weighted by Crippen LogP contribution is -2.34. The van der Waals surface area contributed by atoms with Crippen LogP contribution in [0, 0.1) is 0 Å². The van der Waals surface area contributed by atoms with E-state index >= 15 is 0 Å². The third-order valence-electron chi connectivity index (χ3n) is 1.98. The van der Waals surface area contributed by atoms with E-state index in [0.29, 0.717) is 5.56 Å². The number of phenolic OH excluding ortho intramolecular Hbond substituents is 1. The summed E-state index contributed by atoms with van der Waals surface area (Å²) in [6, 6.07) is 6.96. The quantitative estimate of drug-likeness (QED) is 0.821. The van der Waals surface area contributed by atoms with Crippen LogP contribution in [0.3, 0.4) is 0 Å². The molecule has 1 aromatic rings. The van der Waals surface area contributed by atoms with E-state index in [4.69, 9.17) is 0 Å². The Morgan fingerprint density at radius 3 is 2.80 bits per heavy atom. The first kappa shape index (κ1) is 12.0. The summed E-state index contributed by atoms with van der Waals surface area (Å²) in [5, 5.41) is 13.0. The summed E-state index contributed by atoms with van der Waals surface area (Å²) in [5.74, 6) is 0.0857. The first-order chi connectivity index (χ1) is 7.13. The summed E-state index contributed by atoms with van der Waals surface area (Å²) < 4.78 is 0. The number of para-hydroxylation sites is 1. The van der Waals surface area contributed by atoms with Crippen molar-refractivity contribution in [1.82, 2.24) is 5.32 Å². The molecule has 15 heavy (non-hydrogen) atoms. The maximum atomic E-state index is 11.5. The van der Waals surface area contributed by atoms with Crippen molar-refractivity contribution in [2.45, 2.75) is 19.4 Å². The lowest BCUT2D eigenvalue weighted by molar-refractivity contribution is -0.120. The zero-order valence-corrected chi connectivity index (χ0v) is 10.1. The Bertz CT molecular complexity index is 341. The van der Waals surface area contributed by atoms with Crippen LogP contribution in [0.5, 0.6) is 5.75 Å². The summed E-state index contributed by atoms with van der Waals surface area (Å²) in [4.78, 5) is 11.5. The molecule has 0 bridgehead atoms. The number of carbonyl (C=O) groups excluding carboxylic acids is 1. The number of benzene rings is 1. The lowest BCUT2D eigenvalue weighted by Gasteiger charge is -2.10. The highest BCUT2D eigenvalue weighted by atomic mass is 79.9. The smallest absolute Gasteiger partial charge is 0.224 e. The van der Waals surface area contributed by atoms with E-state index in [1.165, 1.54) is 0 Å². The maximum Gasteiger partial charge on any atom is 0.224 e. The minimum Gasteiger partial charge on any atom is -0.508 e. The highest BCUT2D eigenvalue weighted by Crippen LogP contribution is 2.15. The molecule has 0 spiro atoms. The van der Waals surface area contributed by atoms with Crippen LogP contribution in [0.4, 0.5) is 0 Å². The van der Waals surface area contributed by atoms with Gasteiger partial charge in [0, 0.05) is 16.9 Å². The Morgan fingerprint density at radius 2 is 2.20 bits per heavy atom. The predicted molar refractivity (Wildman–Crippen MR) is 63.2 cm³/mol. The molecule has 0 saturated heterocycles. The molecule has 2 N–H and O–H groups in total. The minimum absolute atomic E-state index is 0.0801. The number of nitrogens with one attached hydrogen (secondary N) is 1. The Hall–Kier alpha value is -1.03. The zero-order chi connectivity index (χ0) is 11.3. The van der Waals surface area contributed by atoms with Crippen molar-refractivity contribution in [2.75, 3.05) is 5.33 Å². The van der Waals surface area contributed by atoms with Gasteiger partial charge in [0.25, 0.3) is 0 Å². The van der Waals surface area contributed by atoms with E-state index in [9.17, 15) is 9.90 Å². The van der Waals surface area contributed by atoms with Crippen LogP contribution in [-0.4, -0.2) is 22.4 Å². The highest BCUT2D eigenvalue weighted by Gasteiger charge is 2.09. The molecule has 1 amide bonds. The van der Waals surface area contributed by atoms with Crippen LogP contribution in [0.25, 0.3) is 0 Å². The van der Waals surface area contributed by atoms with Gasteiger partial charge in [-0.15, -0.1) is 0 Å². The van der Waals surface area contributed by atoms with Crippen molar-refractivity contribution >= 4 is 21.8 Å². The lowest BCUT2D eigenvalue weighted by atomic mass is 10.1. The molecule has 82 valence electrons. The predicted octanol–water partition coefficient (Wildman–Crippen LogP) is 1.83. The average Bonchev–Trinajstić information content (AvgIpc) is 2.21. The van der Waals surface area contributed by atoms with Crippen LogP contribution in [0.15, 0.2) is 24.3 Å². The van der Waals surface area contributed by atoms with Crippen molar-refractivity contribution in [2.24, 2.45) is 0 Å².